The lowest BCUT2D eigenvalue weighted by Crippen LogP contribution is -2.51. The Morgan fingerprint density at radius 2 is 2.14 bits per heavy atom. The number of thiocarbonyl (C=S) groups is 1. The van der Waals surface area contributed by atoms with Crippen LogP contribution in [-0.2, 0) is 11.3 Å². The fourth-order valence-corrected chi connectivity index (χ4v) is 2.81. The van der Waals surface area contributed by atoms with Crippen LogP contribution in [0.1, 0.15) is 17.7 Å². The third kappa shape index (κ3) is 2.83. The summed E-state index contributed by atoms with van der Waals surface area (Å²) in [5.41, 5.74) is 1.93. The molecule has 3 rings (SSSR count). The maximum absolute atomic E-state index is 12.3. The molecule has 2 heterocycles. The van der Waals surface area contributed by atoms with Crippen LogP contribution in [0.4, 0.5) is 5.69 Å². The van der Waals surface area contributed by atoms with E-state index in [0.29, 0.717) is 24.6 Å². The van der Waals surface area contributed by atoms with Gasteiger partial charge in [-0.3, -0.25) is 9.69 Å². The maximum atomic E-state index is 12.3. The third-order valence-corrected chi connectivity index (χ3v) is 3.93. The highest BCUT2D eigenvalue weighted by Gasteiger charge is 2.30. The van der Waals surface area contributed by atoms with Gasteiger partial charge < -0.3 is 9.32 Å². The van der Waals surface area contributed by atoms with Crippen LogP contribution in [0.5, 0.6) is 0 Å². The molecule has 2 aromatic rings. The monoisotopic (exact) mass is 300 g/mol. The second-order valence-corrected chi connectivity index (χ2v) is 5.47. The molecule has 1 aromatic carbocycles. The Kier molecular flexibility index (Phi) is 3.75. The molecule has 108 valence electrons. The zero-order chi connectivity index (χ0) is 14.8. The molecule has 0 spiro atoms. The Hall–Kier alpha value is -2.14. The molecule has 21 heavy (non-hydrogen) atoms. The molecular formula is C16H16N2O2S. The average molecular weight is 300 g/mol. The second-order valence-electron chi connectivity index (χ2n) is 5.10. The van der Waals surface area contributed by atoms with Gasteiger partial charge >= 0.3 is 0 Å². The lowest BCUT2D eigenvalue weighted by atomic mass is 10.2. The molecule has 0 N–H and O–H groups in total. The highest BCUT2D eigenvalue weighted by molar-refractivity contribution is 7.80. The summed E-state index contributed by atoms with van der Waals surface area (Å²) in [6.07, 6.45) is 2.10. The van der Waals surface area contributed by atoms with E-state index in [1.165, 1.54) is 0 Å². The molecule has 0 saturated carbocycles. The second kappa shape index (κ2) is 5.69. The van der Waals surface area contributed by atoms with Crippen molar-refractivity contribution in [1.29, 1.82) is 0 Å². The van der Waals surface area contributed by atoms with E-state index >= 15 is 0 Å². The third-order valence-electron chi connectivity index (χ3n) is 3.49. The van der Waals surface area contributed by atoms with Gasteiger partial charge in [0.1, 0.15) is 5.76 Å². The standard InChI is InChI=1S/C16H16N2O2S/c1-12-4-2-5-13(10-12)18-15(19)7-8-17(16(18)21)11-14-6-3-9-20-14/h2-6,9-10H,7-8,11H2,1H3. The van der Waals surface area contributed by atoms with Gasteiger partial charge in [-0.25, -0.2) is 0 Å². The van der Waals surface area contributed by atoms with Crippen LogP contribution in [-0.4, -0.2) is 22.5 Å². The summed E-state index contributed by atoms with van der Waals surface area (Å²) in [5, 5.41) is 0.535. The van der Waals surface area contributed by atoms with Crippen molar-refractivity contribution >= 4 is 28.9 Å². The molecule has 1 saturated heterocycles. The smallest absolute Gasteiger partial charge is 0.235 e. The average Bonchev–Trinajstić information content (AvgIpc) is 2.95. The fourth-order valence-electron chi connectivity index (χ4n) is 2.44. The number of hydrogen-bond acceptors (Lipinski definition) is 3. The molecule has 1 aromatic heterocycles. The SMILES string of the molecule is Cc1cccc(N2C(=O)CCN(Cc3ccco3)C2=S)c1. The molecular weight excluding hydrogens is 284 g/mol. The Morgan fingerprint density at radius 3 is 2.86 bits per heavy atom. The number of anilines is 1. The Balaban J connectivity index is 1.85. The molecule has 0 atom stereocenters. The quantitative estimate of drug-likeness (QED) is 0.816. The predicted octanol–water partition coefficient (Wildman–Crippen LogP) is 3.11. The molecule has 1 aliphatic heterocycles. The van der Waals surface area contributed by atoms with Gasteiger partial charge in [0.05, 0.1) is 18.5 Å². The summed E-state index contributed by atoms with van der Waals surface area (Å²) >= 11 is 5.51. The topological polar surface area (TPSA) is 36.7 Å². The molecule has 0 aliphatic carbocycles. The first kappa shape index (κ1) is 13.8. The van der Waals surface area contributed by atoms with Gasteiger partial charge in [-0.2, -0.15) is 0 Å². The Labute approximate surface area is 129 Å². The normalized spacial score (nSPS) is 15.7. The van der Waals surface area contributed by atoms with Crippen molar-refractivity contribution in [1.82, 2.24) is 4.90 Å². The number of rotatable bonds is 3. The van der Waals surface area contributed by atoms with Crippen LogP contribution in [0.25, 0.3) is 0 Å². The van der Waals surface area contributed by atoms with Crippen LogP contribution in [0.2, 0.25) is 0 Å². The van der Waals surface area contributed by atoms with Crippen molar-refractivity contribution in [3.8, 4) is 0 Å². The van der Waals surface area contributed by atoms with E-state index in [-0.39, 0.29) is 5.91 Å². The highest BCUT2D eigenvalue weighted by atomic mass is 32.1. The highest BCUT2D eigenvalue weighted by Crippen LogP contribution is 2.23. The zero-order valence-electron chi connectivity index (χ0n) is 11.8. The largest absolute Gasteiger partial charge is 0.467 e. The summed E-state index contributed by atoms with van der Waals surface area (Å²) in [6.45, 7) is 3.21. The molecule has 1 aliphatic rings. The number of aryl methyl sites for hydroxylation is 1. The summed E-state index contributed by atoms with van der Waals surface area (Å²) in [4.78, 5) is 15.9. The van der Waals surface area contributed by atoms with Crippen LogP contribution in [0.15, 0.2) is 47.1 Å². The van der Waals surface area contributed by atoms with Crippen molar-refractivity contribution in [2.45, 2.75) is 19.9 Å². The van der Waals surface area contributed by atoms with Crippen LogP contribution < -0.4 is 4.90 Å². The molecule has 1 fully saturated rings. The van der Waals surface area contributed by atoms with Crippen molar-refractivity contribution in [3.63, 3.8) is 0 Å². The number of hydrogen-bond donors (Lipinski definition) is 0. The fraction of sp³-hybridized carbons (Fsp3) is 0.250. The van der Waals surface area contributed by atoms with Gasteiger partial charge in [0.25, 0.3) is 0 Å². The van der Waals surface area contributed by atoms with E-state index in [9.17, 15) is 4.79 Å². The summed E-state index contributed by atoms with van der Waals surface area (Å²) < 4.78 is 5.37. The van der Waals surface area contributed by atoms with Crippen molar-refractivity contribution in [2.24, 2.45) is 0 Å². The first-order valence-corrected chi connectivity index (χ1v) is 7.27. The molecule has 4 nitrogen and oxygen atoms in total. The first-order valence-electron chi connectivity index (χ1n) is 6.86. The predicted molar refractivity (Wildman–Crippen MR) is 85.0 cm³/mol. The summed E-state index contributed by atoms with van der Waals surface area (Å²) in [7, 11) is 0. The number of carbonyl (C=O) groups excluding carboxylic acids is 1. The Bertz CT molecular complexity index is 667. The van der Waals surface area contributed by atoms with E-state index in [1.807, 2.05) is 48.2 Å². The zero-order valence-corrected chi connectivity index (χ0v) is 12.6. The van der Waals surface area contributed by atoms with Gasteiger partial charge in [-0.05, 0) is 49.0 Å². The van der Waals surface area contributed by atoms with Crippen molar-refractivity contribution in [2.75, 3.05) is 11.4 Å². The van der Waals surface area contributed by atoms with E-state index in [0.717, 1.165) is 17.0 Å². The van der Waals surface area contributed by atoms with Gasteiger partial charge in [0.15, 0.2) is 5.11 Å². The number of benzene rings is 1. The minimum Gasteiger partial charge on any atom is -0.467 e. The number of amides is 1. The minimum atomic E-state index is 0.0429. The number of furan rings is 1. The van der Waals surface area contributed by atoms with Gasteiger partial charge in [0.2, 0.25) is 5.91 Å². The van der Waals surface area contributed by atoms with E-state index in [1.54, 1.807) is 11.2 Å². The van der Waals surface area contributed by atoms with Crippen molar-refractivity contribution < 1.29 is 9.21 Å². The first-order chi connectivity index (χ1) is 10.1. The summed E-state index contributed by atoms with van der Waals surface area (Å²) in [5.74, 6) is 0.886. The minimum absolute atomic E-state index is 0.0429. The van der Waals surface area contributed by atoms with Gasteiger partial charge in [-0.15, -0.1) is 0 Å². The molecule has 5 heteroatoms. The molecule has 0 radical (unpaired) electrons. The Morgan fingerprint density at radius 1 is 1.29 bits per heavy atom. The molecule has 0 unspecified atom stereocenters. The van der Waals surface area contributed by atoms with Gasteiger partial charge in [-0.1, -0.05) is 12.1 Å². The molecule has 0 bridgehead atoms. The number of nitrogens with zero attached hydrogens (tertiary/aromatic N) is 2. The van der Waals surface area contributed by atoms with Crippen molar-refractivity contribution in [3.05, 3.63) is 54.0 Å². The number of carbonyl (C=O) groups is 1. The van der Waals surface area contributed by atoms with Crippen LogP contribution >= 0.6 is 12.2 Å². The van der Waals surface area contributed by atoms with E-state index < -0.39 is 0 Å². The van der Waals surface area contributed by atoms with E-state index in [4.69, 9.17) is 16.6 Å². The molecule has 1 amide bonds. The lowest BCUT2D eigenvalue weighted by Gasteiger charge is -2.36. The van der Waals surface area contributed by atoms with Gasteiger partial charge in [0, 0.05) is 13.0 Å². The van der Waals surface area contributed by atoms with Crippen LogP contribution in [0, 0.1) is 6.92 Å². The van der Waals surface area contributed by atoms with E-state index in [2.05, 4.69) is 0 Å². The maximum Gasteiger partial charge on any atom is 0.235 e. The van der Waals surface area contributed by atoms with Crippen LogP contribution in [0.3, 0.4) is 0 Å². The summed E-state index contributed by atoms with van der Waals surface area (Å²) in [6, 6.07) is 11.6. The lowest BCUT2D eigenvalue weighted by molar-refractivity contribution is -0.118.